The molecule has 0 bridgehead atoms. The van der Waals surface area contributed by atoms with Crippen LogP contribution in [0, 0.1) is 0 Å². The first-order chi connectivity index (χ1) is 11.7. The molecule has 2 saturated heterocycles. The van der Waals surface area contributed by atoms with Gasteiger partial charge in [-0.25, -0.2) is 14.5 Å². The van der Waals surface area contributed by atoms with E-state index in [0.717, 1.165) is 5.56 Å². The number of carbonyl (C=O) groups is 2. The van der Waals surface area contributed by atoms with Crippen molar-refractivity contribution in [3.8, 4) is 0 Å². The number of urea groups is 2. The SMILES string of the molecule is O=C1NCCN1C(=O)N1C[C@H](c2ccccc2)[C@H](c2ncon2)C1. The average molecular weight is 327 g/mol. The van der Waals surface area contributed by atoms with Gasteiger partial charge in [0.1, 0.15) is 0 Å². The number of nitrogens with one attached hydrogen (secondary N) is 1. The molecule has 0 spiro atoms. The molecule has 2 aliphatic heterocycles. The Labute approximate surface area is 138 Å². The lowest BCUT2D eigenvalue weighted by molar-refractivity contribution is 0.171. The molecular formula is C16H17N5O3. The van der Waals surface area contributed by atoms with Crippen LogP contribution in [0.3, 0.4) is 0 Å². The number of nitrogens with zero attached hydrogens (tertiary/aromatic N) is 4. The molecule has 1 aromatic carbocycles. The third-order valence-electron chi connectivity index (χ3n) is 4.62. The van der Waals surface area contributed by atoms with Crippen molar-refractivity contribution in [2.75, 3.05) is 26.2 Å². The van der Waals surface area contributed by atoms with Crippen LogP contribution in [0.2, 0.25) is 0 Å². The largest absolute Gasteiger partial charge is 0.343 e. The molecule has 2 fully saturated rings. The maximum atomic E-state index is 12.7. The number of aromatic nitrogens is 2. The highest BCUT2D eigenvalue weighted by molar-refractivity contribution is 5.95. The van der Waals surface area contributed by atoms with Crippen molar-refractivity contribution in [2.45, 2.75) is 11.8 Å². The minimum absolute atomic E-state index is 0.0548. The molecule has 8 heteroatoms. The van der Waals surface area contributed by atoms with Crippen LogP contribution in [-0.4, -0.2) is 58.2 Å². The second-order valence-electron chi connectivity index (χ2n) is 5.98. The van der Waals surface area contributed by atoms with E-state index >= 15 is 0 Å². The zero-order valence-corrected chi connectivity index (χ0v) is 13.0. The van der Waals surface area contributed by atoms with Crippen molar-refractivity contribution in [1.82, 2.24) is 25.3 Å². The molecule has 0 unspecified atom stereocenters. The monoisotopic (exact) mass is 327 g/mol. The second-order valence-corrected chi connectivity index (χ2v) is 5.98. The smallest absolute Gasteiger partial charge is 0.328 e. The topological polar surface area (TPSA) is 91.6 Å². The Balaban J connectivity index is 1.61. The summed E-state index contributed by atoms with van der Waals surface area (Å²) in [5, 5.41) is 6.62. The van der Waals surface area contributed by atoms with Gasteiger partial charge in [-0.15, -0.1) is 0 Å². The van der Waals surface area contributed by atoms with Crippen molar-refractivity contribution in [3.05, 3.63) is 48.1 Å². The van der Waals surface area contributed by atoms with E-state index in [1.165, 1.54) is 11.3 Å². The van der Waals surface area contributed by atoms with Gasteiger partial charge in [-0.1, -0.05) is 35.5 Å². The highest BCUT2D eigenvalue weighted by atomic mass is 16.5. The molecule has 2 aliphatic rings. The standard InChI is InChI=1S/C16H17N5O3/c22-15-17-6-7-21(15)16(23)20-8-12(11-4-2-1-3-5-11)13(9-20)14-18-10-24-19-14/h1-5,10,12-13H,6-9H2,(H,17,22)/t12-,13-/m1/s1. The maximum absolute atomic E-state index is 12.7. The van der Waals surface area contributed by atoms with Gasteiger partial charge >= 0.3 is 12.1 Å². The summed E-state index contributed by atoms with van der Waals surface area (Å²) in [4.78, 5) is 31.6. The summed E-state index contributed by atoms with van der Waals surface area (Å²) < 4.78 is 4.88. The second kappa shape index (κ2) is 5.95. The number of likely N-dealkylation sites (tertiary alicyclic amines) is 1. The number of hydrogen-bond donors (Lipinski definition) is 1. The molecule has 24 heavy (non-hydrogen) atoms. The minimum Gasteiger partial charge on any atom is -0.343 e. The molecule has 1 aromatic heterocycles. The van der Waals surface area contributed by atoms with Crippen LogP contribution in [0.15, 0.2) is 41.2 Å². The van der Waals surface area contributed by atoms with E-state index in [-0.39, 0.29) is 23.9 Å². The predicted octanol–water partition coefficient (Wildman–Crippen LogP) is 1.40. The first kappa shape index (κ1) is 14.7. The molecule has 4 rings (SSSR count). The summed E-state index contributed by atoms with van der Waals surface area (Å²) >= 11 is 0. The zero-order valence-electron chi connectivity index (χ0n) is 13.0. The fraction of sp³-hybridized carbons (Fsp3) is 0.375. The van der Waals surface area contributed by atoms with Crippen molar-refractivity contribution >= 4 is 12.1 Å². The molecule has 0 saturated carbocycles. The Morgan fingerprint density at radius 2 is 2.00 bits per heavy atom. The molecule has 0 aliphatic carbocycles. The molecule has 0 radical (unpaired) electrons. The van der Waals surface area contributed by atoms with Gasteiger partial charge in [-0.05, 0) is 5.56 Å². The number of hydrogen-bond acceptors (Lipinski definition) is 5. The fourth-order valence-corrected chi connectivity index (χ4v) is 3.43. The Hall–Kier alpha value is -2.90. The summed E-state index contributed by atoms with van der Waals surface area (Å²) in [5.74, 6) is 0.601. The van der Waals surface area contributed by atoms with Gasteiger partial charge in [0.15, 0.2) is 5.82 Å². The summed E-state index contributed by atoms with van der Waals surface area (Å²) in [6, 6.07) is 9.38. The van der Waals surface area contributed by atoms with E-state index in [4.69, 9.17) is 4.52 Å². The van der Waals surface area contributed by atoms with E-state index in [1.54, 1.807) is 4.90 Å². The number of benzene rings is 1. The fourth-order valence-electron chi connectivity index (χ4n) is 3.43. The van der Waals surface area contributed by atoms with Gasteiger partial charge < -0.3 is 14.7 Å². The first-order valence-corrected chi connectivity index (χ1v) is 7.89. The molecular weight excluding hydrogens is 310 g/mol. The normalized spacial score (nSPS) is 23.6. The van der Waals surface area contributed by atoms with Crippen molar-refractivity contribution in [1.29, 1.82) is 0 Å². The summed E-state index contributed by atoms with van der Waals surface area (Å²) in [5.41, 5.74) is 1.12. The highest BCUT2D eigenvalue weighted by Crippen LogP contribution is 2.38. The van der Waals surface area contributed by atoms with Crippen LogP contribution < -0.4 is 5.32 Å². The minimum atomic E-state index is -0.334. The number of amides is 4. The number of rotatable bonds is 2. The van der Waals surface area contributed by atoms with Gasteiger partial charge in [-0.2, -0.15) is 4.98 Å². The highest BCUT2D eigenvalue weighted by Gasteiger charge is 2.42. The van der Waals surface area contributed by atoms with Gasteiger partial charge in [-0.3, -0.25) is 0 Å². The molecule has 3 heterocycles. The molecule has 2 aromatic rings. The van der Waals surface area contributed by atoms with Gasteiger partial charge in [0.2, 0.25) is 6.39 Å². The summed E-state index contributed by atoms with van der Waals surface area (Å²) in [6.07, 6.45) is 1.30. The Morgan fingerprint density at radius 3 is 2.67 bits per heavy atom. The van der Waals surface area contributed by atoms with E-state index in [0.29, 0.717) is 32.0 Å². The lowest BCUT2D eigenvalue weighted by Crippen LogP contribution is -2.43. The van der Waals surface area contributed by atoms with E-state index in [9.17, 15) is 9.59 Å². The van der Waals surface area contributed by atoms with E-state index in [2.05, 4.69) is 15.5 Å². The Kier molecular flexibility index (Phi) is 3.64. The van der Waals surface area contributed by atoms with Crippen LogP contribution in [0.5, 0.6) is 0 Å². The molecule has 124 valence electrons. The maximum Gasteiger partial charge on any atom is 0.328 e. The summed E-state index contributed by atoms with van der Waals surface area (Å²) in [6.45, 7) is 1.87. The number of imide groups is 1. The van der Waals surface area contributed by atoms with Crippen LogP contribution in [0.4, 0.5) is 9.59 Å². The van der Waals surface area contributed by atoms with Crippen LogP contribution in [0.1, 0.15) is 23.2 Å². The van der Waals surface area contributed by atoms with Gasteiger partial charge in [0.25, 0.3) is 0 Å². The number of carbonyl (C=O) groups excluding carboxylic acids is 2. The van der Waals surface area contributed by atoms with Crippen molar-refractivity contribution in [3.63, 3.8) is 0 Å². The molecule has 1 N–H and O–H groups in total. The van der Waals surface area contributed by atoms with E-state index in [1.807, 2.05) is 30.3 Å². The third kappa shape index (κ3) is 2.49. The molecule has 8 nitrogen and oxygen atoms in total. The quantitative estimate of drug-likeness (QED) is 0.900. The third-order valence-corrected chi connectivity index (χ3v) is 4.62. The Morgan fingerprint density at radius 1 is 1.21 bits per heavy atom. The van der Waals surface area contributed by atoms with Crippen LogP contribution in [0.25, 0.3) is 0 Å². The van der Waals surface area contributed by atoms with Crippen molar-refractivity contribution < 1.29 is 14.1 Å². The Bertz CT molecular complexity index is 733. The van der Waals surface area contributed by atoms with Crippen LogP contribution in [-0.2, 0) is 0 Å². The lowest BCUT2D eigenvalue weighted by atomic mass is 9.88. The van der Waals surface area contributed by atoms with E-state index < -0.39 is 0 Å². The summed E-state index contributed by atoms with van der Waals surface area (Å²) in [7, 11) is 0. The first-order valence-electron chi connectivity index (χ1n) is 7.89. The molecule has 4 amide bonds. The van der Waals surface area contributed by atoms with Gasteiger partial charge in [0.05, 0.1) is 0 Å². The zero-order chi connectivity index (χ0) is 16.5. The molecule has 2 atom stereocenters. The predicted molar refractivity (Wildman–Crippen MR) is 83.3 cm³/mol. The van der Waals surface area contributed by atoms with Crippen molar-refractivity contribution in [2.24, 2.45) is 0 Å². The van der Waals surface area contributed by atoms with Gasteiger partial charge in [0, 0.05) is 38.0 Å². The van der Waals surface area contributed by atoms with Crippen LogP contribution >= 0.6 is 0 Å². The lowest BCUT2D eigenvalue weighted by Gasteiger charge is -2.21. The average Bonchev–Trinajstić information content (AvgIpc) is 3.35.